The standard InChI is InChI=1S/C16H23F2N/c1-3-12-7-8-13(10-12)19-11(2)9-14-15(17)5-4-6-16(14)18/h4-6,11-13,19H,3,7-10H2,1-2H3. The van der Waals surface area contributed by atoms with Gasteiger partial charge in [0.25, 0.3) is 0 Å². The molecule has 0 bridgehead atoms. The van der Waals surface area contributed by atoms with Crippen molar-refractivity contribution < 1.29 is 8.78 Å². The Kier molecular flexibility index (Phi) is 4.92. The van der Waals surface area contributed by atoms with E-state index in [1.807, 2.05) is 6.92 Å². The lowest BCUT2D eigenvalue weighted by atomic mass is 10.0. The molecule has 1 aliphatic carbocycles. The van der Waals surface area contributed by atoms with Crippen LogP contribution in [0.5, 0.6) is 0 Å². The summed E-state index contributed by atoms with van der Waals surface area (Å²) in [6.07, 6.45) is 5.29. The monoisotopic (exact) mass is 267 g/mol. The van der Waals surface area contributed by atoms with Crippen molar-refractivity contribution in [1.82, 2.24) is 5.32 Å². The SMILES string of the molecule is CCC1CCC(NC(C)Cc2c(F)cccc2F)C1. The summed E-state index contributed by atoms with van der Waals surface area (Å²) in [6.45, 7) is 4.23. The number of rotatable bonds is 5. The van der Waals surface area contributed by atoms with Crippen LogP contribution in [-0.2, 0) is 6.42 Å². The third-order valence-electron chi connectivity index (χ3n) is 4.21. The van der Waals surface area contributed by atoms with Gasteiger partial charge in [0.2, 0.25) is 0 Å². The summed E-state index contributed by atoms with van der Waals surface area (Å²) in [5.41, 5.74) is 0.201. The van der Waals surface area contributed by atoms with Gasteiger partial charge in [-0.3, -0.25) is 0 Å². The highest BCUT2D eigenvalue weighted by atomic mass is 19.1. The van der Waals surface area contributed by atoms with E-state index in [1.54, 1.807) is 0 Å². The molecule has 0 spiro atoms. The molecule has 1 fully saturated rings. The van der Waals surface area contributed by atoms with Gasteiger partial charge in [-0.1, -0.05) is 19.4 Å². The van der Waals surface area contributed by atoms with Crippen LogP contribution in [-0.4, -0.2) is 12.1 Å². The van der Waals surface area contributed by atoms with Gasteiger partial charge in [0.05, 0.1) is 0 Å². The average Bonchev–Trinajstić information content (AvgIpc) is 2.81. The minimum Gasteiger partial charge on any atom is -0.311 e. The molecule has 1 aromatic carbocycles. The summed E-state index contributed by atoms with van der Waals surface area (Å²) in [6, 6.07) is 4.68. The van der Waals surface area contributed by atoms with Crippen LogP contribution in [0, 0.1) is 17.6 Å². The van der Waals surface area contributed by atoms with Crippen molar-refractivity contribution in [1.29, 1.82) is 0 Å². The van der Waals surface area contributed by atoms with E-state index in [0.717, 1.165) is 5.92 Å². The lowest BCUT2D eigenvalue weighted by Crippen LogP contribution is -2.36. The Morgan fingerprint density at radius 3 is 2.53 bits per heavy atom. The first-order valence-electron chi connectivity index (χ1n) is 7.29. The molecule has 0 radical (unpaired) electrons. The van der Waals surface area contributed by atoms with Crippen LogP contribution in [0.25, 0.3) is 0 Å². The molecule has 2 rings (SSSR count). The second-order valence-corrected chi connectivity index (χ2v) is 5.76. The molecule has 1 N–H and O–H groups in total. The maximum absolute atomic E-state index is 13.6. The van der Waals surface area contributed by atoms with E-state index < -0.39 is 11.6 Å². The smallest absolute Gasteiger partial charge is 0.129 e. The first kappa shape index (κ1) is 14.4. The molecule has 3 heteroatoms. The lowest BCUT2D eigenvalue weighted by Gasteiger charge is -2.20. The fourth-order valence-electron chi connectivity index (χ4n) is 3.09. The first-order chi connectivity index (χ1) is 9.10. The van der Waals surface area contributed by atoms with Gasteiger partial charge in [-0.2, -0.15) is 0 Å². The van der Waals surface area contributed by atoms with Gasteiger partial charge < -0.3 is 5.32 Å². The van der Waals surface area contributed by atoms with Crippen molar-refractivity contribution in [3.8, 4) is 0 Å². The summed E-state index contributed by atoms with van der Waals surface area (Å²) in [5, 5.41) is 3.51. The molecular formula is C16H23F2N. The Labute approximate surface area is 114 Å². The van der Waals surface area contributed by atoms with Crippen LogP contribution in [0.15, 0.2) is 18.2 Å². The van der Waals surface area contributed by atoms with Crippen molar-refractivity contribution >= 4 is 0 Å². The second kappa shape index (κ2) is 6.47. The van der Waals surface area contributed by atoms with Crippen molar-refractivity contribution in [2.45, 2.75) is 58.0 Å². The van der Waals surface area contributed by atoms with Crippen LogP contribution in [0.2, 0.25) is 0 Å². The van der Waals surface area contributed by atoms with Gasteiger partial charge in [0.1, 0.15) is 11.6 Å². The fourth-order valence-corrected chi connectivity index (χ4v) is 3.09. The number of benzene rings is 1. The summed E-state index contributed by atoms with van der Waals surface area (Å²) >= 11 is 0. The molecule has 0 aromatic heterocycles. The molecular weight excluding hydrogens is 244 g/mol. The molecule has 1 nitrogen and oxygen atoms in total. The van der Waals surface area contributed by atoms with Gasteiger partial charge in [0.15, 0.2) is 0 Å². The summed E-state index contributed by atoms with van der Waals surface area (Å²) in [5.74, 6) is -0.0621. The number of hydrogen-bond acceptors (Lipinski definition) is 1. The third-order valence-corrected chi connectivity index (χ3v) is 4.21. The van der Waals surface area contributed by atoms with Crippen molar-refractivity contribution in [3.63, 3.8) is 0 Å². The van der Waals surface area contributed by atoms with E-state index >= 15 is 0 Å². The molecule has 3 atom stereocenters. The molecule has 1 saturated carbocycles. The fraction of sp³-hybridized carbons (Fsp3) is 0.625. The zero-order valence-corrected chi connectivity index (χ0v) is 11.8. The van der Waals surface area contributed by atoms with E-state index in [0.29, 0.717) is 12.5 Å². The van der Waals surface area contributed by atoms with Gasteiger partial charge in [-0.25, -0.2) is 8.78 Å². The van der Waals surface area contributed by atoms with E-state index in [-0.39, 0.29) is 11.6 Å². The highest BCUT2D eigenvalue weighted by Gasteiger charge is 2.24. The Morgan fingerprint density at radius 2 is 1.95 bits per heavy atom. The Balaban J connectivity index is 1.89. The van der Waals surface area contributed by atoms with Crippen molar-refractivity contribution in [2.75, 3.05) is 0 Å². The third kappa shape index (κ3) is 3.75. The van der Waals surface area contributed by atoms with Gasteiger partial charge in [-0.05, 0) is 50.7 Å². The van der Waals surface area contributed by atoms with Crippen LogP contribution in [0.1, 0.15) is 45.1 Å². The molecule has 106 valence electrons. The predicted molar refractivity (Wildman–Crippen MR) is 74.1 cm³/mol. The van der Waals surface area contributed by atoms with Crippen LogP contribution in [0.3, 0.4) is 0 Å². The van der Waals surface area contributed by atoms with Crippen LogP contribution < -0.4 is 5.32 Å². The lowest BCUT2D eigenvalue weighted by molar-refractivity contribution is 0.419. The number of nitrogens with one attached hydrogen (secondary N) is 1. The van der Waals surface area contributed by atoms with Gasteiger partial charge >= 0.3 is 0 Å². The Morgan fingerprint density at radius 1 is 1.26 bits per heavy atom. The van der Waals surface area contributed by atoms with Gasteiger partial charge in [0, 0.05) is 17.6 Å². The van der Waals surface area contributed by atoms with Crippen LogP contribution in [0.4, 0.5) is 8.78 Å². The molecule has 0 heterocycles. The molecule has 1 aromatic rings. The van der Waals surface area contributed by atoms with E-state index in [1.165, 1.54) is 43.9 Å². The van der Waals surface area contributed by atoms with Crippen molar-refractivity contribution in [3.05, 3.63) is 35.4 Å². The molecule has 0 aliphatic heterocycles. The van der Waals surface area contributed by atoms with E-state index in [2.05, 4.69) is 12.2 Å². The summed E-state index contributed by atoms with van der Waals surface area (Å²) in [7, 11) is 0. The molecule has 3 unspecified atom stereocenters. The maximum Gasteiger partial charge on any atom is 0.129 e. The zero-order chi connectivity index (χ0) is 13.8. The minimum atomic E-state index is -0.438. The minimum absolute atomic E-state index is 0.104. The molecule has 1 aliphatic rings. The second-order valence-electron chi connectivity index (χ2n) is 5.76. The molecule has 0 saturated heterocycles. The topological polar surface area (TPSA) is 12.0 Å². The maximum atomic E-state index is 13.6. The normalized spacial score (nSPS) is 24.6. The Bertz CT molecular complexity index is 399. The highest BCUT2D eigenvalue weighted by Crippen LogP contribution is 2.28. The van der Waals surface area contributed by atoms with Crippen LogP contribution >= 0.6 is 0 Å². The van der Waals surface area contributed by atoms with E-state index in [9.17, 15) is 8.78 Å². The summed E-state index contributed by atoms with van der Waals surface area (Å²) in [4.78, 5) is 0. The molecule has 19 heavy (non-hydrogen) atoms. The Hall–Kier alpha value is -0.960. The van der Waals surface area contributed by atoms with E-state index in [4.69, 9.17) is 0 Å². The predicted octanol–water partition coefficient (Wildman–Crippen LogP) is 4.06. The highest BCUT2D eigenvalue weighted by molar-refractivity contribution is 5.20. The first-order valence-corrected chi connectivity index (χ1v) is 7.29. The van der Waals surface area contributed by atoms with Crippen molar-refractivity contribution in [2.24, 2.45) is 5.92 Å². The average molecular weight is 267 g/mol. The largest absolute Gasteiger partial charge is 0.311 e. The number of hydrogen-bond donors (Lipinski definition) is 1. The molecule has 0 amide bonds. The quantitative estimate of drug-likeness (QED) is 0.848. The number of halogens is 2. The summed E-state index contributed by atoms with van der Waals surface area (Å²) < 4.78 is 27.1. The van der Waals surface area contributed by atoms with Gasteiger partial charge in [-0.15, -0.1) is 0 Å². The zero-order valence-electron chi connectivity index (χ0n) is 11.8.